The summed E-state index contributed by atoms with van der Waals surface area (Å²) < 4.78 is 1.04. The normalized spacial score (nSPS) is 24.9. The molecular weight excluding hydrogens is 192 g/mol. The van der Waals surface area contributed by atoms with E-state index in [9.17, 15) is 0 Å². The molecule has 0 aromatic carbocycles. The average Bonchev–Trinajstić information content (AvgIpc) is 1.88. The molecule has 10 heavy (non-hydrogen) atoms. The molecule has 3 heteroatoms. The molecule has 0 spiro atoms. The van der Waals surface area contributed by atoms with Crippen molar-refractivity contribution >= 4 is 22.1 Å². The predicted octanol–water partition coefficient (Wildman–Crippen LogP) is 1.98. The number of halogens is 1. The maximum Gasteiger partial charge on any atom is 0.120 e. The lowest BCUT2D eigenvalue weighted by molar-refractivity contribution is 0.328. The summed E-state index contributed by atoms with van der Waals surface area (Å²) in [7, 11) is 2.03. The van der Waals surface area contributed by atoms with Gasteiger partial charge in [0.1, 0.15) is 6.17 Å². The van der Waals surface area contributed by atoms with Crippen molar-refractivity contribution in [1.82, 2.24) is 4.90 Å². The van der Waals surface area contributed by atoms with E-state index in [1.54, 1.807) is 0 Å². The number of hydrogen-bond donors (Lipinski definition) is 0. The second-order valence-corrected chi connectivity index (χ2v) is 3.26. The Morgan fingerprint density at radius 1 is 1.80 bits per heavy atom. The van der Waals surface area contributed by atoms with Crippen molar-refractivity contribution in [1.29, 1.82) is 0 Å². The fraction of sp³-hybridized carbons (Fsp3) is 0.571. The molecule has 56 valence electrons. The molecule has 0 aliphatic carbocycles. The lowest BCUT2D eigenvalue weighted by Crippen LogP contribution is -2.27. The van der Waals surface area contributed by atoms with E-state index >= 15 is 0 Å². The Labute approximate surface area is 69.8 Å². The van der Waals surface area contributed by atoms with Crippen LogP contribution in [0.5, 0.6) is 0 Å². The Morgan fingerprint density at radius 2 is 2.50 bits per heavy atom. The lowest BCUT2D eigenvalue weighted by Gasteiger charge is -2.24. The van der Waals surface area contributed by atoms with Gasteiger partial charge in [-0.15, -0.1) is 0 Å². The molecule has 0 aromatic rings. The quantitative estimate of drug-likeness (QED) is 0.636. The number of nitrogens with zero attached hydrogens (tertiary/aromatic N) is 2. The van der Waals surface area contributed by atoms with Crippen LogP contribution in [0.1, 0.15) is 13.3 Å². The van der Waals surface area contributed by atoms with E-state index in [0.717, 1.165) is 10.9 Å². The zero-order chi connectivity index (χ0) is 7.56. The van der Waals surface area contributed by atoms with Crippen molar-refractivity contribution in [3.63, 3.8) is 0 Å². The first-order valence-electron chi connectivity index (χ1n) is 3.36. The highest BCUT2D eigenvalue weighted by Crippen LogP contribution is 2.13. The van der Waals surface area contributed by atoms with Crippen LogP contribution in [0.2, 0.25) is 0 Å². The van der Waals surface area contributed by atoms with E-state index in [1.165, 1.54) is 0 Å². The fourth-order valence-electron chi connectivity index (χ4n) is 0.970. The van der Waals surface area contributed by atoms with Gasteiger partial charge in [-0.25, -0.2) is 0 Å². The highest BCUT2D eigenvalue weighted by molar-refractivity contribution is 9.12. The molecule has 0 amide bonds. The molecule has 1 rings (SSSR count). The van der Waals surface area contributed by atoms with Gasteiger partial charge in [-0.3, -0.25) is 4.99 Å². The van der Waals surface area contributed by atoms with E-state index in [-0.39, 0.29) is 0 Å². The largest absolute Gasteiger partial charge is 0.358 e. The Kier molecular flexibility index (Phi) is 2.49. The Bertz CT molecular complexity index is 174. The third-order valence-electron chi connectivity index (χ3n) is 1.53. The SMILES string of the molecule is CCC1N=CC(Br)=CN1C. The van der Waals surface area contributed by atoms with Crippen LogP contribution in [-0.2, 0) is 0 Å². The monoisotopic (exact) mass is 202 g/mol. The minimum atomic E-state index is 0.335. The molecular formula is C7H11BrN2. The van der Waals surface area contributed by atoms with Gasteiger partial charge in [0.15, 0.2) is 0 Å². The molecule has 1 unspecified atom stereocenters. The molecule has 0 radical (unpaired) electrons. The van der Waals surface area contributed by atoms with Crippen molar-refractivity contribution < 1.29 is 0 Å². The van der Waals surface area contributed by atoms with Gasteiger partial charge in [0.05, 0.1) is 4.48 Å². The number of hydrogen-bond acceptors (Lipinski definition) is 2. The highest BCUT2D eigenvalue weighted by atomic mass is 79.9. The maximum atomic E-state index is 4.30. The average molecular weight is 203 g/mol. The number of rotatable bonds is 1. The summed E-state index contributed by atoms with van der Waals surface area (Å²) in [4.78, 5) is 6.40. The molecule has 1 heterocycles. The molecule has 2 nitrogen and oxygen atoms in total. The smallest absolute Gasteiger partial charge is 0.120 e. The van der Waals surface area contributed by atoms with Gasteiger partial charge in [-0.1, -0.05) is 6.92 Å². The maximum absolute atomic E-state index is 4.30. The minimum absolute atomic E-state index is 0.335. The molecule has 0 N–H and O–H groups in total. The van der Waals surface area contributed by atoms with E-state index in [4.69, 9.17) is 0 Å². The first kappa shape index (κ1) is 7.79. The van der Waals surface area contributed by atoms with Crippen LogP contribution in [0, 0.1) is 0 Å². The van der Waals surface area contributed by atoms with Gasteiger partial charge >= 0.3 is 0 Å². The summed E-state index contributed by atoms with van der Waals surface area (Å²) in [6.07, 6.45) is 5.29. The van der Waals surface area contributed by atoms with Gasteiger partial charge in [0.25, 0.3) is 0 Å². The van der Waals surface area contributed by atoms with E-state index in [1.807, 2.05) is 19.5 Å². The summed E-state index contributed by atoms with van der Waals surface area (Å²) in [5, 5.41) is 0. The van der Waals surface area contributed by atoms with Crippen LogP contribution in [0.15, 0.2) is 15.7 Å². The van der Waals surface area contributed by atoms with Crippen molar-refractivity contribution in [2.45, 2.75) is 19.5 Å². The van der Waals surface area contributed by atoms with Crippen molar-refractivity contribution in [3.8, 4) is 0 Å². The molecule has 0 bridgehead atoms. The van der Waals surface area contributed by atoms with E-state index < -0.39 is 0 Å². The topological polar surface area (TPSA) is 15.6 Å². The molecule has 1 aliphatic heterocycles. The van der Waals surface area contributed by atoms with Crippen LogP contribution in [-0.4, -0.2) is 24.3 Å². The first-order valence-corrected chi connectivity index (χ1v) is 4.15. The van der Waals surface area contributed by atoms with Crippen molar-refractivity contribution in [2.24, 2.45) is 4.99 Å². The first-order chi connectivity index (χ1) is 4.74. The fourth-order valence-corrected chi connectivity index (χ4v) is 1.41. The standard InChI is InChI=1S/C7H11BrN2/c1-3-7-9-4-6(8)5-10(7)2/h4-5,7H,3H2,1-2H3. The highest BCUT2D eigenvalue weighted by Gasteiger charge is 2.10. The zero-order valence-electron chi connectivity index (χ0n) is 6.21. The molecule has 0 saturated heterocycles. The summed E-state index contributed by atoms with van der Waals surface area (Å²) in [6.45, 7) is 2.13. The summed E-state index contributed by atoms with van der Waals surface area (Å²) in [6, 6.07) is 0. The van der Waals surface area contributed by atoms with Crippen LogP contribution in [0.4, 0.5) is 0 Å². The van der Waals surface area contributed by atoms with Gasteiger partial charge in [-0.05, 0) is 22.4 Å². The Balaban J connectivity index is 2.64. The van der Waals surface area contributed by atoms with Crippen molar-refractivity contribution in [3.05, 3.63) is 10.7 Å². The third kappa shape index (κ3) is 1.59. The summed E-state index contributed by atoms with van der Waals surface area (Å²) >= 11 is 3.36. The number of aliphatic imine (C=N–C) groups is 1. The minimum Gasteiger partial charge on any atom is -0.358 e. The van der Waals surface area contributed by atoms with Gasteiger partial charge < -0.3 is 4.90 Å². The van der Waals surface area contributed by atoms with Crippen molar-refractivity contribution in [2.75, 3.05) is 7.05 Å². The zero-order valence-corrected chi connectivity index (χ0v) is 7.80. The lowest BCUT2D eigenvalue weighted by atomic mass is 10.3. The van der Waals surface area contributed by atoms with Crippen LogP contribution in [0.3, 0.4) is 0 Å². The van der Waals surface area contributed by atoms with Gasteiger partial charge in [-0.2, -0.15) is 0 Å². The third-order valence-corrected chi connectivity index (χ3v) is 1.94. The van der Waals surface area contributed by atoms with Crippen LogP contribution in [0.25, 0.3) is 0 Å². The second-order valence-electron chi connectivity index (χ2n) is 2.35. The summed E-state index contributed by atoms with van der Waals surface area (Å²) in [5.41, 5.74) is 0. The van der Waals surface area contributed by atoms with E-state index in [2.05, 4.69) is 32.7 Å². The molecule has 0 fully saturated rings. The second kappa shape index (κ2) is 3.19. The van der Waals surface area contributed by atoms with Gasteiger partial charge in [0, 0.05) is 19.5 Å². The van der Waals surface area contributed by atoms with Gasteiger partial charge in [0.2, 0.25) is 0 Å². The Hall–Kier alpha value is -0.310. The summed E-state index contributed by atoms with van der Waals surface area (Å²) in [5.74, 6) is 0. The number of allylic oxidation sites excluding steroid dienone is 1. The molecule has 1 aliphatic rings. The predicted molar refractivity (Wildman–Crippen MR) is 47.3 cm³/mol. The molecule has 0 aromatic heterocycles. The van der Waals surface area contributed by atoms with Crippen LogP contribution < -0.4 is 0 Å². The molecule has 0 saturated carbocycles. The van der Waals surface area contributed by atoms with E-state index in [0.29, 0.717) is 6.17 Å². The molecule has 1 atom stereocenters. The van der Waals surface area contributed by atoms with Crippen LogP contribution >= 0.6 is 15.9 Å². The Morgan fingerprint density at radius 3 is 3.00 bits per heavy atom.